The summed E-state index contributed by atoms with van der Waals surface area (Å²) >= 11 is 9.82. The molecular weight excluding hydrogens is 516 g/mol. The third kappa shape index (κ3) is 3.67. The standard InChI is InChI=1S/C31H25ClN2OS2/c1-20-11-4-6-15-25(20)30(26-16-7-5-12-21(26)2)27-17-8-9-18-28(27)31(37-30)34(33-29(36-31)22(3)35)24-14-10-13-23(32)19-24/h4-19H,1-3H3/t31-/m1/s1. The zero-order valence-electron chi connectivity index (χ0n) is 20.7. The van der Waals surface area contributed by atoms with Gasteiger partial charge in [-0.05, 0) is 59.9 Å². The molecule has 0 saturated carbocycles. The summed E-state index contributed by atoms with van der Waals surface area (Å²) in [6.07, 6.45) is 0. The maximum Gasteiger partial charge on any atom is 0.187 e. The lowest BCUT2D eigenvalue weighted by Crippen LogP contribution is -2.34. The Hall–Kier alpha value is -2.99. The molecule has 0 bridgehead atoms. The van der Waals surface area contributed by atoms with E-state index in [2.05, 4.69) is 86.6 Å². The fourth-order valence-corrected chi connectivity index (χ4v) is 9.34. The van der Waals surface area contributed by atoms with Crippen LogP contribution in [0.1, 0.15) is 40.3 Å². The SMILES string of the molecule is CC(=O)C1=NN(c2cccc(Cl)c2)[C@]2(S1)SC(c1ccccc1C)(c1ccccc1C)c1ccccc12. The minimum Gasteiger partial charge on any atom is -0.292 e. The van der Waals surface area contributed by atoms with Crippen LogP contribution in [0.15, 0.2) is 102 Å². The van der Waals surface area contributed by atoms with E-state index < -0.39 is 8.95 Å². The second-order valence-electron chi connectivity index (χ2n) is 9.40. The number of anilines is 1. The van der Waals surface area contributed by atoms with E-state index in [-0.39, 0.29) is 5.78 Å². The molecule has 1 spiro atoms. The largest absolute Gasteiger partial charge is 0.292 e. The molecule has 2 aliphatic heterocycles. The number of fused-ring (bicyclic) bond motifs is 2. The van der Waals surface area contributed by atoms with Gasteiger partial charge >= 0.3 is 0 Å². The van der Waals surface area contributed by atoms with E-state index >= 15 is 0 Å². The highest BCUT2D eigenvalue weighted by Gasteiger charge is 2.62. The van der Waals surface area contributed by atoms with Gasteiger partial charge in [-0.3, -0.25) is 4.79 Å². The van der Waals surface area contributed by atoms with Crippen molar-refractivity contribution in [1.82, 2.24) is 0 Å². The van der Waals surface area contributed by atoms with Gasteiger partial charge in [0.2, 0.25) is 0 Å². The first-order valence-corrected chi connectivity index (χ1v) is 14.1. The van der Waals surface area contributed by atoms with Crippen LogP contribution in [0, 0.1) is 13.8 Å². The van der Waals surface area contributed by atoms with Crippen LogP contribution in [0.5, 0.6) is 0 Å². The monoisotopic (exact) mass is 540 g/mol. The van der Waals surface area contributed by atoms with Crippen LogP contribution < -0.4 is 5.01 Å². The van der Waals surface area contributed by atoms with Crippen molar-refractivity contribution >= 4 is 51.6 Å². The number of halogens is 1. The van der Waals surface area contributed by atoms with Gasteiger partial charge in [-0.1, -0.05) is 114 Å². The highest BCUT2D eigenvalue weighted by Crippen LogP contribution is 2.71. The number of benzene rings is 4. The Labute approximate surface area is 230 Å². The summed E-state index contributed by atoms with van der Waals surface area (Å²) in [6, 6.07) is 33.6. The van der Waals surface area contributed by atoms with Gasteiger partial charge in [0, 0.05) is 17.5 Å². The Bertz CT molecular complexity index is 1540. The summed E-state index contributed by atoms with van der Waals surface area (Å²) in [5.41, 5.74) is 8.11. The van der Waals surface area contributed by atoms with Gasteiger partial charge in [0.1, 0.15) is 0 Å². The lowest BCUT2D eigenvalue weighted by molar-refractivity contribution is -0.110. The fraction of sp³-hybridized carbons (Fsp3) is 0.161. The molecule has 2 heterocycles. The Morgan fingerprint density at radius 3 is 1.92 bits per heavy atom. The molecule has 1 atom stereocenters. The molecule has 0 saturated heterocycles. The Balaban J connectivity index is 1.69. The van der Waals surface area contributed by atoms with Crippen molar-refractivity contribution in [2.24, 2.45) is 5.10 Å². The highest BCUT2D eigenvalue weighted by atomic mass is 35.5. The molecule has 2 aliphatic rings. The number of ketones is 1. The minimum absolute atomic E-state index is 0.0451. The Morgan fingerprint density at radius 2 is 1.35 bits per heavy atom. The fourth-order valence-electron chi connectivity index (χ4n) is 5.43. The number of hydrazone groups is 1. The maximum absolute atomic E-state index is 12.7. The van der Waals surface area contributed by atoms with Gasteiger partial charge in [-0.15, -0.1) is 0 Å². The number of Topliss-reactive ketones (excluding diaryl/α,β-unsaturated/α-hetero) is 1. The molecule has 0 fully saturated rings. The average Bonchev–Trinajstić information content (AvgIpc) is 3.42. The van der Waals surface area contributed by atoms with Crippen molar-refractivity contribution in [3.05, 3.63) is 135 Å². The predicted octanol–water partition coefficient (Wildman–Crippen LogP) is 8.26. The summed E-state index contributed by atoms with van der Waals surface area (Å²) in [5, 5.41) is 8.04. The van der Waals surface area contributed by atoms with Crippen molar-refractivity contribution in [3.8, 4) is 0 Å². The summed E-state index contributed by atoms with van der Waals surface area (Å²) < 4.78 is -1.22. The first-order valence-electron chi connectivity index (χ1n) is 12.1. The van der Waals surface area contributed by atoms with Crippen LogP contribution in [-0.2, 0) is 13.7 Å². The molecule has 0 unspecified atom stereocenters. The van der Waals surface area contributed by atoms with Crippen LogP contribution in [0.2, 0.25) is 5.02 Å². The predicted molar refractivity (Wildman–Crippen MR) is 158 cm³/mol. The topological polar surface area (TPSA) is 32.7 Å². The summed E-state index contributed by atoms with van der Waals surface area (Å²) in [5.74, 6) is -0.0451. The van der Waals surface area contributed by atoms with E-state index in [0.717, 1.165) is 11.3 Å². The molecule has 0 aliphatic carbocycles. The number of hydrogen-bond acceptors (Lipinski definition) is 5. The lowest BCUT2D eigenvalue weighted by Gasteiger charge is -2.38. The van der Waals surface area contributed by atoms with Gasteiger partial charge < -0.3 is 0 Å². The molecule has 37 heavy (non-hydrogen) atoms. The normalized spacial score (nSPS) is 19.7. The maximum atomic E-state index is 12.7. The van der Waals surface area contributed by atoms with E-state index in [0.29, 0.717) is 10.1 Å². The van der Waals surface area contributed by atoms with E-state index in [1.54, 1.807) is 6.92 Å². The van der Waals surface area contributed by atoms with Crippen molar-refractivity contribution in [2.75, 3.05) is 5.01 Å². The first kappa shape index (κ1) is 24.4. The van der Waals surface area contributed by atoms with Crippen LogP contribution >= 0.6 is 35.1 Å². The molecule has 184 valence electrons. The molecule has 4 aromatic carbocycles. The van der Waals surface area contributed by atoms with Gasteiger partial charge in [0.15, 0.2) is 15.0 Å². The van der Waals surface area contributed by atoms with Gasteiger partial charge in [0.25, 0.3) is 0 Å². The van der Waals surface area contributed by atoms with E-state index in [4.69, 9.17) is 16.7 Å². The Morgan fingerprint density at radius 1 is 0.784 bits per heavy atom. The first-order chi connectivity index (χ1) is 17.9. The van der Waals surface area contributed by atoms with E-state index in [9.17, 15) is 4.79 Å². The minimum atomic E-state index is -0.702. The zero-order valence-corrected chi connectivity index (χ0v) is 23.1. The number of thioether (sulfide) groups is 2. The van der Waals surface area contributed by atoms with Gasteiger partial charge in [0.05, 0.1) is 10.4 Å². The van der Waals surface area contributed by atoms with Crippen LogP contribution in [0.25, 0.3) is 0 Å². The molecular formula is C31H25ClN2OS2. The molecule has 0 amide bonds. The van der Waals surface area contributed by atoms with Gasteiger partial charge in [-0.2, -0.15) is 5.10 Å². The van der Waals surface area contributed by atoms with Crippen LogP contribution in [0.3, 0.4) is 0 Å². The molecule has 3 nitrogen and oxygen atoms in total. The molecule has 0 N–H and O–H groups in total. The third-order valence-corrected chi connectivity index (χ3v) is 10.6. The molecule has 0 radical (unpaired) electrons. The quantitative estimate of drug-likeness (QED) is 0.261. The van der Waals surface area contributed by atoms with Gasteiger partial charge in [-0.25, -0.2) is 5.01 Å². The van der Waals surface area contributed by atoms with Crippen LogP contribution in [-0.4, -0.2) is 10.8 Å². The van der Waals surface area contributed by atoms with Crippen molar-refractivity contribution < 1.29 is 4.79 Å². The molecule has 6 rings (SSSR count). The Kier molecular flexibility index (Phi) is 5.98. The molecule has 4 aromatic rings. The second-order valence-corrected chi connectivity index (χ2v) is 12.7. The highest BCUT2D eigenvalue weighted by molar-refractivity contribution is 8.27. The lowest BCUT2D eigenvalue weighted by atomic mass is 9.79. The molecule has 0 aromatic heterocycles. The van der Waals surface area contributed by atoms with E-state index in [1.807, 2.05) is 41.0 Å². The van der Waals surface area contributed by atoms with Crippen LogP contribution in [0.4, 0.5) is 5.69 Å². The smallest absolute Gasteiger partial charge is 0.187 e. The second kappa shape index (κ2) is 9.09. The third-order valence-electron chi connectivity index (χ3n) is 7.05. The number of hydrogen-bond donors (Lipinski definition) is 0. The zero-order chi connectivity index (χ0) is 25.8. The number of carbonyl (C=O) groups excluding carboxylic acids is 1. The number of rotatable bonds is 4. The number of nitrogens with zero attached hydrogens (tertiary/aromatic N) is 2. The number of carbonyl (C=O) groups is 1. The summed E-state index contributed by atoms with van der Waals surface area (Å²) in [6.45, 7) is 5.94. The average molecular weight is 541 g/mol. The van der Waals surface area contributed by atoms with Crippen molar-refractivity contribution in [3.63, 3.8) is 0 Å². The molecule has 6 heteroatoms. The van der Waals surface area contributed by atoms with E-state index in [1.165, 1.54) is 39.6 Å². The summed E-state index contributed by atoms with van der Waals surface area (Å²) in [4.78, 5) is 12.7. The number of aryl methyl sites for hydroxylation is 2. The van der Waals surface area contributed by atoms with Crippen molar-refractivity contribution in [2.45, 2.75) is 29.7 Å². The summed E-state index contributed by atoms with van der Waals surface area (Å²) in [7, 11) is 0. The van der Waals surface area contributed by atoms with Crippen molar-refractivity contribution in [1.29, 1.82) is 0 Å².